The molecule has 0 aromatic heterocycles. The van der Waals surface area contributed by atoms with Crippen molar-refractivity contribution in [2.24, 2.45) is 0 Å². The molecule has 2 rings (SSSR count). The number of ether oxygens (including phenoxy) is 1. The Kier molecular flexibility index (Phi) is 5.40. The molecule has 0 aliphatic heterocycles. The standard InChI is InChI=1S/C15H22OS/c17-12-14(13-7-3-1-4-8-13)11-16-15-9-5-2-6-10-15/h1,3-4,7-8,14-15,17H,2,5-6,9-12H2. The Labute approximate surface area is 110 Å². The van der Waals surface area contributed by atoms with E-state index in [9.17, 15) is 0 Å². The Hall–Kier alpha value is -0.470. The van der Waals surface area contributed by atoms with Crippen molar-refractivity contribution in [3.05, 3.63) is 35.9 Å². The van der Waals surface area contributed by atoms with Gasteiger partial charge in [0.2, 0.25) is 0 Å². The summed E-state index contributed by atoms with van der Waals surface area (Å²) in [6.45, 7) is 0.818. The van der Waals surface area contributed by atoms with Crippen molar-refractivity contribution in [3.63, 3.8) is 0 Å². The zero-order valence-corrected chi connectivity index (χ0v) is 11.2. The molecule has 1 aliphatic carbocycles. The highest BCUT2D eigenvalue weighted by Gasteiger charge is 2.16. The van der Waals surface area contributed by atoms with Gasteiger partial charge in [-0.3, -0.25) is 0 Å². The monoisotopic (exact) mass is 250 g/mol. The molecule has 0 radical (unpaired) electrons. The van der Waals surface area contributed by atoms with Gasteiger partial charge < -0.3 is 4.74 Å². The quantitative estimate of drug-likeness (QED) is 0.776. The molecular formula is C15H22OS. The van der Waals surface area contributed by atoms with Gasteiger partial charge in [0.1, 0.15) is 0 Å². The average Bonchev–Trinajstić information content (AvgIpc) is 2.42. The normalized spacial score (nSPS) is 19.1. The molecule has 0 N–H and O–H groups in total. The largest absolute Gasteiger partial charge is 0.378 e. The van der Waals surface area contributed by atoms with Gasteiger partial charge in [-0.15, -0.1) is 0 Å². The third-order valence-electron chi connectivity index (χ3n) is 3.58. The molecule has 0 saturated heterocycles. The van der Waals surface area contributed by atoms with E-state index in [2.05, 4.69) is 43.0 Å². The van der Waals surface area contributed by atoms with Crippen LogP contribution in [0.3, 0.4) is 0 Å². The zero-order chi connectivity index (χ0) is 11.9. The first-order valence-electron chi connectivity index (χ1n) is 6.67. The van der Waals surface area contributed by atoms with E-state index in [1.807, 2.05) is 0 Å². The van der Waals surface area contributed by atoms with E-state index in [1.165, 1.54) is 37.7 Å². The van der Waals surface area contributed by atoms with Crippen molar-refractivity contribution in [1.82, 2.24) is 0 Å². The summed E-state index contributed by atoms with van der Waals surface area (Å²) in [6.07, 6.45) is 7.04. The van der Waals surface area contributed by atoms with Crippen molar-refractivity contribution < 1.29 is 4.74 Å². The second-order valence-electron chi connectivity index (χ2n) is 4.88. The van der Waals surface area contributed by atoms with Crippen LogP contribution in [-0.2, 0) is 4.74 Å². The minimum absolute atomic E-state index is 0.432. The maximum Gasteiger partial charge on any atom is 0.0575 e. The molecule has 1 fully saturated rings. The number of thiol groups is 1. The van der Waals surface area contributed by atoms with E-state index in [0.717, 1.165) is 12.4 Å². The first-order valence-corrected chi connectivity index (χ1v) is 7.31. The number of hydrogen-bond donors (Lipinski definition) is 1. The second kappa shape index (κ2) is 7.07. The first kappa shape index (κ1) is 13.0. The highest BCUT2D eigenvalue weighted by molar-refractivity contribution is 7.80. The zero-order valence-electron chi connectivity index (χ0n) is 10.3. The minimum atomic E-state index is 0.432. The molecule has 1 unspecified atom stereocenters. The molecule has 0 heterocycles. The Balaban J connectivity index is 1.83. The van der Waals surface area contributed by atoms with E-state index in [-0.39, 0.29) is 0 Å². The van der Waals surface area contributed by atoms with Crippen LogP contribution in [-0.4, -0.2) is 18.5 Å². The summed E-state index contributed by atoms with van der Waals surface area (Å²) in [4.78, 5) is 0. The topological polar surface area (TPSA) is 9.23 Å². The summed E-state index contributed by atoms with van der Waals surface area (Å²) < 4.78 is 6.04. The molecule has 17 heavy (non-hydrogen) atoms. The lowest BCUT2D eigenvalue weighted by molar-refractivity contribution is 0.0226. The van der Waals surface area contributed by atoms with Gasteiger partial charge in [0.25, 0.3) is 0 Å². The lowest BCUT2D eigenvalue weighted by Crippen LogP contribution is -2.20. The number of benzene rings is 1. The van der Waals surface area contributed by atoms with Gasteiger partial charge in [0, 0.05) is 5.92 Å². The molecular weight excluding hydrogens is 228 g/mol. The van der Waals surface area contributed by atoms with Crippen LogP contribution in [0, 0.1) is 0 Å². The lowest BCUT2D eigenvalue weighted by atomic mass is 9.97. The van der Waals surface area contributed by atoms with Crippen molar-refractivity contribution in [2.75, 3.05) is 12.4 Å². The van der Waals surface area contributed by atoms with Crippen molar-refractivity contribution in [2.45, 2.75) is 44.1 Å². The predicted octanol–water partition coefficient (Wildman–Crippen LogP) is 4.05. The smallest absolute Gasteiger partial charge is 0.0575 e. The summed E-state index contributed by atoms with van der Waals surface area (Å²) in [5.74, 6) is 1.29. The highest BCUT2D eigenvalue weighted by Crippen LogP contribution is 2.23. The predicted molar refractivity (Wildman–Crippen MR) is 75.9 cm³/mol. The molecule has 1 atom stereocenters. The Morgan fingerprint density at radius 1 is 1.12 bits per heavy atom. The lowest BCUT2D eigenvalue weighted by Gasteiger charge is -2.24. The van der Waals surface area contributed by atoms with Crippen LogP contribution >= 0.6 is 12.6 Å². The van der Waals surface area contributed by atoms with Crippen LogP contribution in [0.15, 0.2) is 30.3 Å². The molecule has 1 aromatic carbocycles. The molecule has 1 aromatic rings. The van der Waals surface area contributed by atoms with Gasteiger partial charge in [-0.25, -0.2) is 0 Å². The van der Waals surface area contributed by atoms with E-state index in [0.29, 0.717) is 12.0 Å². The highest BCUT2D eigenvalue weighted by atomic mass is 32.1. The van der Waals surface area contributed by atoms with Crippen LogP contribution in [0.4, 0.5) is 0 Å². The van der Waals surface area contributed by atoms with E-state index in [1.54, 1.807) is 0 Å². The Morgan fingerprint density at radius 2 is 1.82 bits per heavy atom. The van der Waals surface area contributed by atoms with E-state index in [4.69, 9.17) is 4.74 Å². The Bertz CT molecular complexity index is 306. The van der Waals surface area contributed by atoms with Crippen molar-refractivity contribution in [1.29, 1.82) is 0 Å². The molecule has 94 valence electrons. The summed E-state index contributed by atoms with van der Waals surface area (Å²) in [5, 5.41) is 0. The molecule has 0 amide bonds. The van der Waals surface area contributed by atoms with Crippen LogP contribution in [0.5, 0.6) is 0 Å². The third-order valence-corrected chi connectivity index (χ3v) is 4.02. The number of rotatable bonds is 5. The van der Waals surface area contributed by atoms with E-state index < -0.39 is 0 Å². The maximum atomic E-state index is 6.04. The molecule has 0 spiro atoms. The molecule has 2 heteroatoms. The van der Waals surface area contributed by atoms with Crippen LogP contribution in [0.25, 0.3) is 0 Å². The van der Waals surface area contributed by atoms with Gasteiger partial charge in [-0.2, -0.15) is 12.6 Å². The fourth-order valence-corrected chi connectivity index (χ4v) is 2.78. The average molecular weight is 250 g/mol. The van der Waals surface area contributed by atoms with Crippen molar-refractivity contribution >= 4 is 12.6 Å². The summed E-state index contributed by atoms with van der Waals surface area (Å²) in [7, 11) is 0. The second-order valence-corrected chi connectivity index (χ2v) is 5.25. The Morgan fingerprint density at radius 3 is 2.47 bits per heavy atom. The SMILES string of the molecule is SCC(COC1CCCCC1)c1ccccc1. The van der Waals surface area contributed by atoms with Crippen LogP contribution in [0.1, 0.15) is 43.6 Å². The number of hydrogen-bond acceptors (Lipinski definition) is 2. The minimum Gasteiger partial charge on any atom is -0.378 e. The molecule has 1 aliphatic rings. The van der Waals surface area contributed by atoms with Gasteiger partial charge in [-0.1, -0.05) is 49.6 Å². The van der Waals surface area contributed by atoms with Crippen LogP contribution in [0.2, 0.25) is 0 Å². The fourth-order valence-electron chi connectivity index (χ4n) is 2.46. The van der Waals surface area contributed by atoms with Gasteiger partial charge >= 0.3 is 0 Å². The molecule has 1 nitrogen and oxygen atoms in total. The molecule has 0 bridgehead atoms. The third kappa shape index (κ3) is 4.04. The summed E-state index contributed by atoms with van der Waals surface area (Å²) >= 11 is 4.44. The van der Waals surface area contributed by atoms with Gasteiger partial charge in [-0.05, 0) is 24.2 Å². The maximum absolute atomic E-state index is 6.04. The van der Waals surface area contributed by atoms with Gasteiger partial charge in [0.05, 0.1) is 12.7 Å². The van der Waals surface area contributed by atoms with Gasteiger partial charge in [0.15, 0.2) is 0 Å². The fraction of sp³-hybridized carbons (Fsp3) is 0.600. The van der Waals surface area contributed by atoms with Crippen LogP contribution < -0.4 is 0 Å². The first-order chi connectivity index (χ1) is 8.40. The summed E-state index contributed by atoms with van der Waals surface area (Å²) in [6, 6.07) is 10.6. The van der Waals surface area contributed by atoms with Crippen molar-refractivity contribution in [3.8, 4) is 0 Å². The van der Waals surface area contributed by atoms with E-state index >= 15 is 0 Å². The summed E-state index contributed by atoms with van der Waals surface area (Å²) in [5.41, 5.74) is 1.35. The molecule has 1 saturated carbocycles.